The van der Waals surface area contributed by atoms with Crippen molar-refractivity contribution in [3.63, 3.8) is 0 Å². The van der Waals surface area contributed by atoms with Crippen LogP contribution < -0.4 is 25.0 Å². The van der Waals surface area contributed by atoms with Crippen molar-refractivity contribution in [3.8, 4) is 11.5 Å². The molecule has 1 aromatic rings. The summed E-state index contributed by atoms with van der Waals surface area (Å²) in [6.45, 7) is 8.82. The Kier molecular flexibility index (Phi) is 11.0. The van der Waals surface area contributed by atoms with Gasteiger partial charge in [0, 0.05) is 69.7 Å². The normalized spacial score (nSPS) is 20.7. The highest BCUT2D eigenvalue weighted by atomic mass is 127. The maximum atomic E-state index is 5.42. The van der Waals surface area contributed by atoms with Gasteiger partial charge in [-0.1, -0.05) is 6.92 Å². The molecule has 2 fully saturated rings. The second kappa shape index (κ2) is 13.2. The number of likely N-dealkylation sites (tertiary alicyclic amines) is 1. The molecule has 176 valence electrons. The number of nitrogens with zero attached hydrogens (tertiary/aromatic N) is 3. The third-order valence-electron chi connectivity index (χ3n) is 6.22. The predicted molar refractivity (Wildman–Crippen MR) is 140 cm³/mol. The number of halogens is 1. The van der Waals surface area contributed by atoms with Gasteiger partial charge in [0.15, 0.2) is 5.96 Å². The third kappa shape index (κ3) is 7.89. The lowest BCUT2D eigenvalue weighted by Gasteiger charge is -2.35. The Hall–Kier alpha value is -1.42. The van der Waals surface area contributed by atoms with Crippen molar-refractivity contribution in [2.75, 3.05) is 65.4 Å². The SMILES string of the molecule is CN=C(NCCN1CCCC(C)C1)NC1CCN(c2cc(OC)cc(OC)c2)CC1.I. The summed E-state index contributed by atoms with van der Waals surface area (Å²) in [7, 11) is 5.24. The van der Waals surface area contributed by atoms with Gasteiger partial charge in [-0.3, -0.25) is 4.99 Å². The average Bonchev–Trinajstić information content (AvgIpc) is 2.78. The van der Waals surface area contributed by atoms with Gasteiger partial charge < -0.3 is 29.9 Å². The van der Waals surface area contributed by atoms with Crippen LogP contribution in [0.2, 0.25) is 0 Å². The fourth-order valence-electron chi connectivity index (χ4n) is 4.47. The quantitative estimate of drug-likeness (QED) is 0.312. The molecule has 0 aliphatic carbocycles. The van der Waals surface area contributed by atoms with Crippen molar-refractivity contribution in [1.29, 1.82) is 0 Å². The van der Waals surface area contributed by atoms with E-state index in [1.807, 2.05) is 13.1 Å². The second-order valence-corrected chi connectivity index (χ2v) is 8.52. The van der Waals surface area contributed by atoms with Gasteiger partial charge in [0.05, 0.1) is 14.2 Å². The number of hydrogen-bond acceptors (Lipinski definition) is 5. The van der Waals surface area contributed by atoms with Crippen LogP contribution in [0.1, 0.15) is 32.6 Å². The average molecular weight is 546 g/mol. The summed E-state index contributed by atoms with van der Waals surface area (Å²) in [4.78, 5) is 9.40. The molecule has 0 radical (unpaired) electrons. The number of aliphatic imine (C=N–C) groups is 1. The Morgan fingerprint density at radius 3 is 2.32 bits per heavy atom. The molecule has 8 heteroatoms. The van der Waals surface area contributed by atoms with Gasteiger partial charge >= 0.3 is 0 Å². The molecular formula is C23H40IN5O2. The first-order chi connectivity index (χ1) is 14.6. The first-order valence-corrected chi connectivity index (χ1v) is 11.3. The Labute approximate surface area is 205 Å². The minimum atomic E-state index is 0. The van der Waals surface area contributed by atoms with E-state index < -0.39 is 0 Å². The van der Waals surface area contributed by atoms with Gasteiger partial charge in [-0.2, -0.15) is 0 Å². The largest absolute Gasteiger partial charge is 0.497 e. The molecule has 0 bridgehead atoms. The molecule has 0 saturated carbocycles. The van der Waals surface area contributed by atoms with Crippen LogP contribution in [0.15, 0.2) is 23.2 Å². The fraction of sp³-hybridized carbons (Fsp3) is 0.696. The second-order valence-electron chi connectivity index (χ2n) is 8.52. The van der Waals surface area contributed by atoms with E-state index >= 15 is 0 Å². The van der Waals surface area contributed by atoms with Crippen LogP contribution in [0.3, 0.4) is 0 Å². The lowest BCUT2D eigenvalue weighted by molar-refractivity contribution is 0.186. The van der Waals surface area contributed by atoms with Gasteiger partial charge in [-0.15, -0.1) is 24.0 Å². The van der Waals surface area contributed by atoms with Gasteiger partial charge in [0.1, 0.15) is 11.5 Å². The predicted octanol–water partition coefficient (Wildman–Crippen LogP) is 3.19. The molecule has 2 heterocycles. The molecular weight excluding hydrogens is 505 g/mol. The monoisotopic (exact) mass is 545 g/mol. The minimum Gasteiger partial charge on any atom is -0.497 e. The zero-order valence-corrected chi connectivity index (χ0v) is 21.9. The number of piperidine rings is 2. The van der Waals surface area contributed by atoms with Crippen molar-refractivity contribution in [2.45, 2.75) is 38.6 Å². The van der Waals surface area contributed by atoms with E-state index in [9.17, 15) is 0 Å². The van der Waals surface area contributed by atoms with Gasteiger partial charge in [-0.05, 0) is 38.1 Å². The first kappa shape index (κ1) is 25.8. The molecule has 0 aromatic heterocycles. The zero-order chi connectivity index (χ0) is 21.3. The van der Waals surface area contributed by atoms with Crippen molar-refractivity contribution in [3.05, 3.63) is 18.2 Å². The number of guanidine groups is 1. The number of hydrogen-bond donors (Lipinski definition) is 2. The summed E-state index contributed by atoms with van der Waals surface area (Å²) in [6, 6.07) is 6.52. The first-order valence-electron chi connectivity index (χ1n) is 11.3. The number of rotatable bonds is 7. The highest BCUT2D eigenvalue weighted by molar-refractivity contribution is 14.0. The molecule has 2 N–H and O–H groups in total. The molecule has 1 atom stereocenters. The Morgan fingerprint density at radius 2 is 1.74 bits per heavy atom. The topological polar surface area (TPSA) is 61.4 Å². The third-order valence-corrected chi connectivity index (χ3v) is 6.22. The number of ether oxygens (including phenoxy) is 2. The molecule has 31 heavy (non-hydrogen) atoms. The van der Waals surface area contributed by atoms with E-state index in [2.05, 4.69) is 44.5 Å². The Morgan fingerprint density at radius 1 is 1.06 bits per heavy atom. The molecule has 1 aromatic carbocycles. The van der Waals surface area contributed by atoms with Crippen LogP contribution >= 0.6 is 24.0 Å². The van der Waals surface area contributed by atoms with Crippen LogP contribution in [-0.2, 0) is 0 Å². The standard InChI is InChI=1S/C23H39N5O2.HI/c1-18-6-5-10-27(17-18)13-9-25-23(24-2)26-19-7-11-28(12-8-19)20-14-21(29-3)16-22(15-20)30-4;/h14-16,18-19H,5-13,17H2,1-4H3,(H2,24,25,26);1H. The van der Waals surface area contributed by atoms with Gasteiger partial charge in [-0.25, -0.2) is 0 Å². The van der Waals surface area contributed by atoms with Gasteiger partial charge in [0.25, 0.3) is 0 Å². The van der Waals surface area contributed by atoms with E-state index in [0.717, 1.165) is 68.1 Å². The Bertz CT molecular complexity index is 672. The number of methoxy groups -OCH3 is 2. The van der Waals surface area contributed by atoms with Crippen LogP contribution in [0.25, 0.3) is 0 Å². The highest BCUT2D eigenvalue weighted by Crippen LogP contribution is 2.30. The smallest absolute Gasteiger partial charge is 0.191 e. The highest BCUT2D eigenvalue weighted by Gasteiger charge is 2.21. The van der Waals surface area contributed by atoms with E-state index in [1.54, 1.807) is 14.2 Å². The van der Waals surface area contributed by atoms with Crippen LogP contribution in [0.4, 0.5) is 5.69 Å². The molecule has 3 rings (SSSR count). The molecule has 1 unspecified atom stereocenters. The molecule has 0 spiro atoms. The number of nitrogens with one attached hydrogen (secondary N) is 2. The van der Waals surface area contributed by atoms with E-state index in [0.29, 0.717) is 6.04 Å². The summed E-state index contributed by atoms with van der Waals surface area (Å²) in [5.41, 5.74) is 1.16. The van der Waals surface area contributed by atoms with Crippen LogP contribution in [0, 0.1) is 5.92 Å². The summed E-state index contributed by atoms with van der Waals surface area (Å²) in [6.07, 6.45) is 4.84. The van der Waals surface area contributed by atoms with Crippen LogP contribution in [-0.4, -0.2) is 77.4 Å². The number of anilines is 1. The van der Waals surface area contributed by atoms with Crippen molar-refractivity contribution in [2.24, 2.45) is 10.9 Å². The summed E-state index contributed by atoms with van der Waals surface area (Å²) in [5.74, 6) is 3.40. The molecule has 2 saturated heterocycles. The lowest BCUT2D eigenvalue weighted by atomic mass is 10.0. The molecule has 2 aliphatic heterocycles. The maximum Gasteiger partial charge on any atom is 0.191 e. The minimum absolute atomic E-state index is 0. The maximum absolute atomic E-state index is 5.42. The van der Waals surface area contributed by atoms with Crippen molar-refractivity contribution >= 4 is 35.6 Å². The summed E-state index contributed by atoms with van der Waals surface area (Å²) in [5, 5.41) is 7.12. The molecule has 7 nitrogen and oxygen atoms in total. The van der Waals surface area contributed by atoms with E-state index in [-0.39, 0.29) is 24.0 Å². The molecule has 2 aliphatic rings. The lowest BCUT2D eigenvalue weighted by Crippen LogP contribution is -2.50. The number of benzene rings is 1. The van der Waals surface area contributed by atoms with E-state index in [4.69, 9.17) is 9.47 Å². The van der Waals surface area contributed by atoms with Gasteiger partial charge in [0.2, 0.25) is 0 Å². The van der Waals surface area contributed by atoms with Crippen molar-refractivity contribution < 1.29 is 9.47 Å². The Balaban J connectivity index is 0.00000341. The summed E-state index contributed by atoms with van der Waals surface area (Å²) >= 11 is 0. The van der Waals surface area contributed by atoms with Crippen LogP contribution in [0.5, 0.6) is 11.5 Å². The van der Waals surface area contributed by atoms with Crippen molar-refractivity contribution in [1.82, 2.24) is 15.5 Å². The zero-order valence-electron chi connectivity index (χ0n) is 19.5. The molecule has 0 amide bonds. The summed E-state index contributed by atoms with van der Waals surface area (Å²) < 4.78 is 10.8. The van der Waals surface area contributed by atoms with E-state index in [1.165, 1.54) is 25.9 Å². The fourth-order valence-corrected chi connectivity index (χ4v) is 4.47.